The molecule has 2 aromatic rings. The van der Waals surface area contributed by atoms with Gasteiger partial charge in [-0.1, -0.05) is 68.4 Å². The predicted molar refractivity (Wildman–Crippen MR) is 113 cm³/mol. The first-order valence-corrected chi connectivity index (χ1v) is 9.63. The molecule has 0 bridgehead atoms. The highest BCUT2D eigenvalue weighted by Gasteiger charge is 2.29. The van der Waals surface area contributed by atoms with E-state index >= 15 is 0 Å². The first kappa shape index (κ1) is 21.3. The molecule has 148 valence electrons. The fourth-order valence-electron chi connectivity index (χ4n) is 3.18. The molecule has 27 heavy (non-hydrogen) atoms. The van der Waals surface area contributed by atoms with Crippen LogP contribution in [0.3, 0.4) is 0 Å². The minimum atomic E-state index is -0.100. The molecule has 3 nitrogen and oxygen atoms in total. The lowest BCUT2D eigenvalue weighted by Crippen LogP contribution is -2.30. The van der Waals surface area contributed by atoms with Gasteiger partial charge in [0.2, 0.25) is 5.69 Å². The Bertz CT molecular complexity index is 831. The van der Waals surface area contributed by atoms with Crippen LogP contribution < -0.4 is 9.47 Å². The van der Waals surface area contributed by atoms with E-state index in [1.165, 1.54) is 5.56 Å². The maximum absolute atomic E-state index is 12.8. The summed E-state index contributed by atoms with van der Waals surface area (Å²) in [6.45, 7) is 19.6. The first-order chi connectivity index (χ1) is 12.2. The summed E-state index contributed by atoms with van der Waals surface area (Å²) < 4.78 is 6.80. The average molecular weight is 370 g/mol. The van der Waals surface area contributed by atoms with Crippen molar-refractivity contribution in [1.29, 1.82) is 0 Å². The fourth-order valence-corrected chi connectivity index (χ4v) is 3.18. The summed E-state index contributed by atoms with van der Waals surface area (Å²) >= 11 is 0. The Labute approximate surface area is 165 Å². The van der Waals surface area contributed by atoms with E-state index in [1.54, 1.807) is 13.3 Å². The predicted octanol–water partition coefficient (Wildman–Crippen LogP) is 5.89. The molecule has 0 amide bonds. The van der Waals surface area contributed by atoms with Crippen molar-refractivity contribution in [3.63, 3.8) is 0 Å². The molecular formula is C24H35NO2. The molecule has 0 saturated heterocycles. The fraction of sp³-hybridized carbons (Fsp3) is 0.542. The van der Waals surface area contributed by atoms with Gasteiger partial charge >= 0.3 is 0 Å². The van der Waals surface area contributed by atoms with Gasteiger partial charge in [-0.05, 0) is 33.4 Å². The second-order valence-electron chi connectivity index (χ2n) is 10.5. The van der Waals surface area contributed by atoms with E-state index in [0.29, 0.717) is 5.69 Å². The zero-order chi connectivity index (χ0) is 20.8. The Morgan fingerprint density at radius 3 is 1.78 bits per heavy atom. The maximum Gasteiger partial charge on any atom is 0.227 e. The summed E-state index contributed by atoms with van der Waals surface area (Å²) in [6.07, 6.45) is 1.61. The van der Waals surface area contributed by atoms with Crippen molar-refractivity contribution in [2.75, 3.05) is 7.11 Å². The van der Waals surface area contributed by atoms with E-state index < -0.39 is 0 Å². The molecule has 0 fully saturated rings. The number of nitrogens with zero attached hydrogens (tertiary/aromatic N) is 1. The number of aromatic nitrogens is 1. The number of rotatable bonds is 2. The summed E-state index contributed by atoms with van der Waals surface area (Å²) in [5.74, 6) is 0.783. The van der Waals surface area contributed by atoms with E-state index in [0.717, 1.165) is 27.2 Å². The molecule has 3 heteroatoms. The van der Waals surface area contributed by atoms with Crippen molar-refractivity contribution in [2.45, 2.75) is 78.6 Å². The molecule has 0 saturated carbocycles. The second-order valence-corrected chi connectivity index (χ2v) is 10.5. The molecule has 0 spiro atoms. The number of hydrogen-bond donors (Lipinski definition) is 0. The zero-order valence-corrected chi connectivity index (χ0v) is 18.7. The highest BCUT2D eigenvalue weighted by Crippen LogP contribution is 2.42. The number of methoxy groups -OCH3 is 1. The summed E-state index contributed by atoms with van der Waals surface area (Å²) in [5, 5.41) is 12.8. The third-order valence-electron chi connectivity index (χ3n) is 5.03. The zero-order valence-electron chi connectivity index (χ0n) is 18.7. The van der Waals surface area contributed by atoms with Crippen LogP contribution in [0.1, 0.15) is 79.0 Å². The van der Waals surface area contributed by atoms with Gasteiger partial charge < -0.3 is 9.94 Å². The Morgan fingerprint density at radius 1 is 0.778 bits per heavy atom. The minimum Gasteiger partial charge on any atom is -0.618 e. The van der Waals surface area contributed by atoms with Crippen molar-refractivity contribution in [3.05, 3.63) is 52.4 Å². The largest absolute Gasteiger partial charge is 0.618 e. The quantitative estimate of drug-likeness (QED) is 0.489. The molecule has 0 aliphatic rings. The summed E-state index contributed by atoms with van der Waals surface area (Å²) in [4.78, 5) is 0. The Morgan fingerprint density at radius 2 is 1.33 bits per heavy atom. The highest BCUT2D eigenvalue weighted by atomic mass is 16.5. The lowest BCUT2D eigenvalue weighted by molar-refractivity contribution is -0.593. The van der Waals surface area contributed by atoms with Gasteiger partial charge in [0.25, 0.3) is 0 Å². The summed E-state index contributed by atoms with van der Waals surface area (Å²) in [6, 6.07) is 8.25. The second kappa shape index (κ2) is 6.85. The highest BCUT2D eigenvalue weighted by molar-refractivity contribution is 5.70. The van der Waals surface area contributed by atoms with Gasteiger partial charge in [0.1, 0.15) is 5.75 Å². The molecule has 0 radical (unpaired) electrons. The molecular weight excluding hydrogens is 334 g/mol. The normalized spacial score (nSPS) is 13.0. The minimum absolute atomic E-state index is 0.0314. The molecule has 1 aromatic heterocycles. The van der Waals surface area contributed by atoms with Crippen LogP contribution in [0.15, 0.2) is 30.5 Å². The average Bonchev–Trinajstić information content (AvgIpc) is 2.51. The Kier molecular flexibility index (Phi) is 5.40. The Hall–Kier alpha value is -2.03. The number of ether oxygens (including phenoxy) is 1. The smallest absolute Gasteiger partial charge is 0.227 e. The van der Waals surface area contributed by atoms with Gasteiger partial charge in [0.05, 0.1) is 12.7 Å². The van der Waals surface area contributed by atoms with Gasteiger partial charge in [-0.15, -0.1) is 0 Å². The van der Waals surface area contributed by atoms with E-state index in [1.807, 2.05) is 12.1 Å². The van der Waals surface area contributed by atoms with Crippen LogP contribution in [0, 0.1) is 5.21 Å². The lowest BCUT2D eigenvalue weighted by atomic mass is 9.78. The van der Waals surface area contributed by atoms with Crippen LogP contribution in [0.2, 0.25) is 0 Å². The van der Waals surface area contributed by atoms with Crippen molar-refractivity contribution < 1.29 is 9.47 Å². The summed E-state index contributed by atoms with van der Waals surface area (Å²) in [7, 11) is 1.69. The molecule has 0 aliphatic carbocycles. The first-order valence-electron chi connectivity index (χ1n) is 9.63. The van der Waals surface area contributed by atoms with Crippen LogP contribution in [0.25, 0.3) is 11.3 Å². The van der Waals surface area contributed by atoms with Crippen molar-refractivity contribution in [2.24, 2.45) is 0 Å². The molecule has 2 rings (SSSR count). The number of benzene rings is 1. The van der Waals surface area contributed by atoms with Crippen molar-refractivity contribution in [3.8, 4) is 17.0 Å². The third-order valence-corrected chi connectivity index (χ3v) is 5.03. The summed E-state index contributed by atoms with van der Waals surface area (Å²) in [5.41, 5.74) is 4.77. The van der Waals surface area contributed by atoms with E-state index in [9.17, 15) is 5.21 Å². The van der Waals surface area contributed by atoms with Crippen molar-refractivity contribution >= 4 is 0 Å². The monoisotopic (exact) mass is 369 g/mol. The van der Waals surface area contributed by atoms with Crippen LogP contribution in [0.5, 0.6) is 5.75 Å². The molecule has 0 aliphatic heterocycles. The molecule has 0 atom stereocenters. The van der Waals surface area contributed by atoms with Crippen LogP contribution >= 0.6 is 0 Å². The maximum atomic E-state index is 12.8. The third kappa shape index (κ3) is 4.45. The van der Waals surface area contributed by atoms with E-state index in [4.69, 9.17) is 4.74 Å². The molecule has 0 unspecified atom stereocenters. The standard InChI is InChI=1S/C24H35NO2/c1-22(2,3)16-11-12-25(26)20(15-16)18-13-17(23(4,5)6)14-19(21(18)27-10)24(7,8)9/h11-15H,1-10H3. The van der Waals surface area contributed by atoms with E-state index in [2.05, 4.69) is 74.4 Å². The van der Waals surface area contributed by atoms with Gasteiger partial charge in [-0.25, -0.2) is 0 Å². The SMILES string of the molecule is COc1c(-c2cc(C(C)(C)C)cc[n+]2[O-])cc(C(C)(C)C)cc1C(C)(C)C. The van der Waals surface area contributed by atoms with Crippen molar-refractivity contribution in [1.82, 2.24) is 0 Å². The van der Waals surface area contributed by atoms with Gasteiger partial charge in [-0.3, -0.25) is 0 Å². The topological polar surface area (TPSA) is 36.2 Å². The molecule has 0 N–H and O–H groups in total. The van der Waals surface area contributed by atoms with Crippen LogP contribution in [0.4, 0.5) is 0 Å². The van der Waals surface area contributed by atoms with Gasteiger partial charge in [-0.2, -0.15) is 4.73 Å². The molecule has 1 aromatic carbocycles. The van der Waals surface area contributed by atoms with Crippen LogP contribution in [-0.2, 0) is 16.2 Å². The van der Waals surface area contributed by atoms with Gasteiger partial charge in [0, 0.05) is 17.7 Å². The number of pyridine rings is 1. The number of hydrogen-bond acceptors (Lipinski definition) is 2. The van der Waals surface area contributed by atoms with E-state index in [-0.39, 0.29) is 16.2 Å². The Balaban J connectivity index is 2.91. The molecule has 1 heterocycles. The lowest BCUT2D eigenvalue weighted by Gasteiger charge is -2.28. The van der Waals surface area contributed by atoms with Gasteiger partial charge in [0.15, 0.2) is 6.20 Å². The van der Waals surface area contributed by atoms with Crippen LogP contribution in [-0.4, -0.2) is 7.11 Å².